The van der Waals surface area contributed by atoms with Gasteiger partial charge in [0.05, 0.1) is 0 Å². The van der Waals surface area contributed by atoms with Crippen molar-refractivity contribution >= 4 is 61.3 Å². The van der Waals surface area contributed by atoms with Crippen LogP contribution in [-0.2, 0) is 0 Å². The molecule has 0 amide bonds. The summed E-state index contributed by atoms with van der Waals surface area (Å²) in [4.78, 5) is 3.82. The first-order valence-electron chi connectivity index (χ1n) is 14.7. The second-order valence-corrected chi connectivity index (χ2v) is 13.3. The van der Waals surface area contributed by atoms with Crippen molar-refractivity contribution in [3.8, 4) is 10.4 Å². The molecule has 5 aromatic rings. The quantitative estimate of drug-likeness (QED) is 0.179. The summed E-state index contributed by atoms with van der Waals surface area (Å²) in [6.07, 6.45) is 14.4. The minimum Gasteiger partial charge on any atom is -0.0888 e. The van der Waals surface area contributed by atoms with Gasteiger partial charge in [0.15, 0.2) is 0 Å². The zero-order chi connectivity index (χ0) is 29.0. The van der Waals surface area contributed by atoms with Crippen molar-refractivity contribution in [2.75, 3.05) is 0 Å². The van der Waals surface area contributed by atoms with Crippen LogP contribution < -0.4 is 0 Å². The molecule has 1 aliphatic carbocycles. The van der Waals surface area contributed by atoms with Crippen LogP contribution in [0.25, 0.3) is 37.1 Å². The number of fused-ring (bicyclic) bond motifs is 2. The third kappa shape index (κ3) is 6.10. The van der Waals surface area contributed by atoms with Crippen LogP contribution in [0.1, 0.15) is 36.0 Å². The maximum absolute atomic E-state index is 7.12. The van der Waals surface area contributed by atoms with Crippen LogP contribution in [0.4, 0.5) is 0 Å². The van der Waals surface area contributed by atoms with Gasteiger partial charge in [-0.05, 0) is 83.0 Å². The summed E-state index contributed by atoms with van der Waals surface area (Å²) >= 11 is 10.8. The summed E-state index contributed by atoms with van der Waals surface area (Å²) in [5.74, 6) is 0. The Morgan fingerprint density at radius 1 is 0.698 bits per heavy atom. The first-order valence-corrected chi connectivity index (χ1v) is 16.7. The lowest BCUT2D eigenvalue weighted by molar-refractivity contribution is 0.792. The Balaban J connectivity index is 1.24. The Hall–Kier alpha value is -3.95. The van der Waals surface area contributed by atoms with Crippen molar-refractivity contribution in [2.24, 2.45) is 0 Å². The molecule has 1 aliphatic heterocycles. The number of hydrogen-bond donors (Lipinski definition) is 0. The molecule has 0 saturated carbocycles. The number of allylic oxidation sites excluding steroid dienone is 8. The maximum Gasteiger partial charge on any atom is 0.239 e. The molecule has 1 aromatic heterocycles. The van der Waals surface area contributed by atoms with E-state index in [0.717, 1.165) is 24.3 Å². The third-order valence-corrected chi connectivity index (χ3v) is 10.7. The van der Waals surface area contributed by atoms with Crippen LogP contribution in [0.15, 0.2) is 161 Å². The van der Waals surface area contributed by atoms with Crippen molar-refractivity contribution in [2.45, 2.75) is 24.2 Å². The second kappa shape index (κ2) is 12.7. The molecule has 0 N–H and O–H groups in total. The molecule has 7 rings (SSSR count). The first-order chi connectivity index (χ1) is 21.2. The van der Waals surface area contributed by atoms with E-state index in [-0.39, 0.29) is 0 Å². The Labute approximate surface area is 267 Å². The molecule has 0 radical (unpaired) electrons. The molecule has 208 valence electrons. The number of rotatable bonds is 5. The topological polar surface area (TPSA) is 0 Å². The van der Waals surface area contributed by atoms with E-state index in [9.17, 15) is 0 Å². The lowest BCUT2D eigenvalue weighted by atomic mass is 9.93. The second-order valence-electron chi connectivity index (χ2n) is 10.7. The number of thioether (sulfide) groups is 1. The first kappa shape index (κ1) is 27.9. The molecule has 43 heavy (non-hydrogen) atoms. The van der Waals surface area contributed by atoms with E-state index >= 15 is 0 Å². The van der Waals surface area contributed by atoms with Gasteiger partial charge < -0.3 is 0 Å². The maximum atomic E-state index is 7.12. The normalized spacial score (nSPS) is 17.1. The van der Waals surface area contributed by atoms with Crippen LogP contribution in [0.3, 0.4) is 0 Å². The van der Waals surface area contributed by atoms with Gasteiger partial charge in [0.25, 0.3) is 0 Å². The molecule has 0 fully saturated rings. The van der Waals surface area contributed by atoms with Crippen LogP contribution >= 0.6 is 34.7 Å². The summed E-state index contributed by atoms with van der Waals surface area (Å²) in [7, 11) is 0. The molecule has 0 saturated heterocycles. The van der Waals surface area contributed by atoms with E-state index in [1.165, 1.54) is 63.7 Å². The monoisotopic (exact) mass is 609 g/mol. The van der Waals surface area contributed by atoms with Gasteiger partial charge in [0, 0.05) is 37.9 Å². The van der Waals surface area contributed by atoms with Gasteiger partial charge in [0.1, 0.15) is 0 Å². The van der Waals surface area contributed by atoms with Crippen LogP contribution in [0.5, 0.6) is 0 Å². The Morgan fingerprint density at radius 2 is 1.42 bits per heavy atom. The molecule has 0 spiro atoms. The highest BCUT2D eigenvalue weighted by Crippen LogP contribution is 2.45. The highest BCUT2D eigenvalue weighted by atomic mass is 35.5. The Bertz CT molecular complexity index is 1960. The Kier molecular flexibility index (Phi) is 8.25. The minimum atomic E-state index is 0.886. The van der Waals surface area contributed by atoms with Gasteiger partial charge in [0.2, 0.25) is 20.9 Å². The summed E-state index contributed by atoms with van der Waals surface area (Å²) in [5.41, 5.74) is 8.61. The van der Waals surface area contributed by atoms with Crippen molar-refractivity contribution in [3.05, 3.63) is 172 Å². The molecular formula is C40H30ClS2+. The predicted molar refractivity (Wildman–Crippen MR) is 190 cm³/mol. The van der Waals surface area contributed by atoms with E-state index in [2.05, 4.69) is 146 Å². The lowest BCUT2D eigenvalue weighted by Crippen LogP contribution is -1.98. The highest BCUT2D eigenvalue weighted by Gasteiger charge is 2.19. The number of benzene rings is 4. The average Bonchev–Trinajstić information content (AvgIpc) is 3.07. The smallest absolute Gasteiger partial charge is 0.0888 e. The van der Waals surface area contributed by atoms with Crippen LogP contribution in [0.2, 0.25) is 0 Å². The largest absolute Gasteiger partial charge is 0.239 e. The molecule has 2 aliphatic rings. The van der Waals surface area contributed by atoms with Gasteiger partial charge in [-0.15, -0.1) is 0 Å². The van der Waals surface area contributed by atoms with Crippen LogP contribution in [-0.4, -0.2) is 0 Å². The third-order valence-electron chi connectivity index (χ3n) is 7.91. The minimum absolute atomic E-state index is 0.886. The van der Waals surface area contributed by atoms with Crippen molar-refractivity contribution in [1.29, 1.82) is 0 Å². The van der Waals surface area contributed by atoms with Crippen LogP contribution in [0, 0.1) is 0 Å². The van der Waals surface area contributed by atoms with E-state index in [1.54, 1.807) is 0 Å². The fourth-order valence-corrected chi connectivity index (χ4v) is 8.23. The molecule has 0 atom stereocenters. The molecule has 0 unspecified atom stereocenters. The molecule has 3 heteroatoms. The van der Waals surface area contributed by atoms with Gasteiger partial charge in [-0.1, -0.05) is 127 Å². The Morgan fingerprint density at radius 3 is 2.26 bits per heavy atom. The van der Waals surface area contributed by atoms with Crippen molar-refractivity contribution in [3.63, 3.8) is 0 Å². The van der Waals surface area contributed by atoms with E-state index < -0.39 is 0 Å². The van der Waals surface area contributed by atoms with Gasteiger partial charge in [-0.2, -0.15) is 0 Å². The SMILES string of the molecule is ClC1=C(C=Cc2cc(-c3ccccc3)[s+]c3ccccc23)CCCC1=C/C=C1\C=C(c2ccccc2)Sc2ccccc21. The predicted octanol–water partition coefficient (Wildman–Crippen LogP) is 12.7. The van der Waals surface area contributed by atoms with E-state index in [4.69, 9.17) is 11.6 Å². The van der Waals surface area contributed by atoms with Gasteiger partial charge >= 0.3 is 0 Å². The fourth-order valence-electron chi connectivity index (χ4n) is 5.68. The summed E-state index contributed by atoms with van der Waals surface area (Å²) in [6, 6.07) is 40.9. The molecular weight excluding hydrogens is 580 g/mol. The van der Waals surface area contributed by atoms with E-state index in [0.29, 0.717) is 0 Å². The number of halogens is 1. The zero-order valence-electron chi connectivity index (χ0n) is 23.7. The summed E-state index contributed by atoms with van der Waals surface area (Å²) < 4.78 is 1.29. The highest BCUT2D eigenvalue weighted by molar-refractivity contribution is 8.08. The van der Waals surface area contributed by atoms with Gasteiger partial charge in [-0.25, -0.2) is 0 Å². The fraction of sp³-hybridized carbons (Fsp3) is 0.0750. The average molecular weight is 610 g/mol. The standard InChI is InChI=1S/C40H30ClS2/c41-40-30(22-24-32-26-38(28-12-3-1-4-13-28)42-36-20-9-7-18-34(32)36)16-11-17-31(40)23-25-33-27-39(29-14-5-2-6-15-29)43-37-21-10-8-19-35(33)37/h1-10,12-15,18-27H,11,16-17H2/q+1. The molecule has 2 heterocycles. The molecule has 0 nitrogen and oxygen atoms in total. The van der Waals surface area contributed by atoms with Gasteiger partial charge in [-0.3, -0.25) is 0 Å². The molecule has 0 bridgehead atoms. The summed E-state index contributed by atoms with van der Waals surface area (Å²) in [5, 5.41) is 2.16. The van der Waals surface area contributed by atoms with Crippen molar-refractivity contribution < 1.29 is 0 Å². The lowest BCUT2D eigenvalue weighted by Gasteiger charge is -2.20. The summed E-state index contributed by atoms with van der Waals surface area (Å²) in [6.45, 7) is 0. The number of hydrogen-bond acceptors (Lipinski definition) is 1. The van der Waals surface area contributed by atoms with Crippen molar-refractivity contribution in [1.82, 2.24) is 0 Å². The molecule has 4 aromatic carbocycles. The van der Waals surface area contributed by atoms with E-state index in [1.807, 2.05) is 23.1 Å². The zero-order valence-corrected chi connectivity index (χ0v) is 26.1.